The molecule has 0 saturated carbocycles. The number of rotatable bonds is 3. The van der Waals surface area contributed by atoms with E-state index >= 15 is 0 Å². The predicted octanol–water partition coefficient (Wildman–Crippen LogP) is 0.229. The number of hydrogen-bond acceptors (Lipinski definition) is 4. The Morgan fingerprint density at radius 2 is 1.87 bits per heavy atom. The highest BCUT2D eigenvalue weighted by atomic mass is 32.2. The van der Waals surface area contributed by atoms with Gasteiger partial charge in [-0.1, -0.05) is 12.1 Å². The van der Waals surface area contributed by atoms with Crippen LogP contribution in [0.3, 0.4) is 0 Å². The summed E-state index contributed by atoms with van der Waals surface area (Å²) in [6, 6.07) is 6.94. The second kappa shape index (κ2) is 6.25. The maximum atomic E-state index is 12.4. The topological polar surface area (TPSA) is 82.2 Å². The molecule has 0 aliphatic carbocycles. The van der Waals surface area contributed by atoms with Gasteiger partial charge in [-0.25, -0.2) is 9.10 Å². The lowest BCUT2D eigenvalue weighted by molar-refractivity contribution is 0.0533. The highest BCUT2D eigenvalue weighted by molar-refractivity contribution is 7.94. The molecule has 1 N–H and O–H groups in total. The van der Waals surface area contributed by atoms with Crippen LogP contribution in [-0.4, -0.2) is 65.8 Å². The minimum absolute atomic E-state index is 0.188. The molecular weight excluding hydrogens is 320 g/mol. The monoisotopic (exact) mass is 340 g/mol. The number of carbonyl (C=O) groups excluding carboxylic acids is 1. The molecule has 2 heterocycles. The van der Waals surface area contributed by atoms with Crippen LogP contribution >= 0.6 is 0 Å². The first-order valence-corrected chi connectivity index (χ1v) is 8.87. The Hall–Kier alpha value is -2.00. The van der Waals surface area contributed by atoms with Crippen molar-refractivity contribution in [2.75, 3.05) is 55.1 Å². The standard InChI is InChI=1S/C14H20N4O4S/c1-16-12-4-2-3-5-13(12)18(23(16,20)21)7-6-15-14(19)17-8-10-22-11-9-17/h2-5H,6-11H2,1H3,(H,15,19). The number of hydrogen-bond donors (Lipinski definition) is 1. The molecule has 126 valence electrons. The van der Waals surface area contributed by atoms with Crippen LogP contribution < -0.4 is 13.9 Å². The summed E-state index contributed by atoms with van der Waals surface area (Å²) in [4.78, 5) is 13.7. The summed E-state index contributed by atoms with van der Waals surface area (Å²) < 4.78 is 32.7. The number of morpholine rings is 1. The second-order valence-electron chi connectivity index (χ2n) is 5.37. The van der Waals surface area contributed by atoms with Crippen molar-refractivity contribution < 1.29 is 17.9 Å². The van der Waals surface area contributed by atoms with Gasteiger partial charge in [0.2, 0.25) is 0 Å². The van der Waals surface area contributed by atoms with Crippen LogP contribution in [0.2, 0.25) is 0 Å². The zero-order valence-electron chi connectivity index (χ0n) is 12.9. The fourth-order valence-electron chi connectivity index (χ4n) is 2.72. The molecule has 9 heteroatoms. The van der Waals surface area contributed by atoms with Crippen molar-refractivity contribution in [2.45, 2.75) is 0 Å². The number of benzene rings is 1. The van der Waals surface area contributed by atoms with E-state index in [1.807, 2.05) is 0 Å². The summed E-state index contributed by atoms with van der Waals surface area (Å²) in [5.41, 5.74) is 1.28. The Bertz CT molecular complexity index is 688. The number of nitrogens with one attached hydrogen (secondary N) is 1. The zero-order chi connectivity index (χ0) is 16.4. The van der Waals surface area contributed by atoms with Gasteiger partial charge in [0.25, 0.3) is 0 Å². The highest BCUT2D eigenvalue weighted by Crippen LogP contribution is 2.38. The summed E-state index contributed by atoms with van der Waals surface area (Å²) in [5.74, 6) is 0. The zero-order valence-corrected chi connectivity index (χ0v) is 13.8. The number of ether oxygens (including phenoxy) is 1. The van der Waals surface area contributed by atoms with Gasteiger partial charge >= 0.3 is 16.2 Å². The van der Waals surface area contributed by atoms with Gasteiger partial charge in [-0.05, 0) is 12.1 Å². The van der Waals surface area contributed by atoms with E-state index in [1.54, 1.807) is 29.2 Å². The van der Waals surface area contributed by atoms with E-state index < -0.39 is 10.2 Å². The molecule has 0 bridgehead atoms. The molecule has 8 nitrogen and oxygen atoms in total. The lowest BCUT2D eigenvalue weighted by atomic mass is 10.2. The van der Waals surface area contributed by atoms with Gasteiger partial charge in [-0.2, -0.15) is 8.42 Å². The van der Waals surface area contributed by atoms with Gasteiger partial charge in [0, 0.05) is 26.7 Å². The number of fused-ring (bicyclic) bond motifs is 1. The van der Waals surface area contributed by atoms with E-state index in [0.717, 1.165) is 0 Å². The average Bonchev–Trinajstić information content (AvgIpc) is 2.76. The smallest absolute Gasteiger partial charge is 0.326 e. The van der Waals surface area contributed by atoms with E-state index in [4.69, 9.17) is 4.74 Å². The summed E-state index contributed by atoms with van der Waals surface area (Å²) in [5, 5.41) is 2.77. The molecule has 2 aliphatic heterocycles. The van der Waals surface area contributed by atoms with Gasteiger partial charge in [0.05, 0.1) is 31.1 Å². The van der Waals surface area contributed by atoms with Gasteiger partial charge < -0.3 is 15.0 Å². The Kier molecular flexibility index (Phi) is 4.31. The van der Waals surface area contributed by atoms with Crippen LogP contribution in [0.5, 0.6) is 0 Å². The summed E-state index contributed by atoms with van der Waals surface area (Å²) in [6.45, 7) is 2.62. The fourth-order valence-corrected chi connectivity index (χ4v) is 4.14. The Balaban J connectivity index is 1.63. The molecule has 0 aromatic heterocycles. The van der Waals surface area contributed by atoms with Crippen molar-refractivity contribution in [3.63, 3.8) is 0 Å². The number of anilines is 2. The molecule has 3 rings (SSSR count). The molecule has 1 aromatic carbocycles. The lowest BCUT2D eigenvalue weighted by Gasteiger charge is -2.27. The Labute approximate surface area is 135 Å². The van der Waals surface area contributed by atoms with Gasteiger partial charge in [-0.15, -0.1) is 0 Å². The van der Waals surface area contributed by atoms with Gasteiger partial charge in [0.1, 0.15) is 0 Å². The average molecular weight is 340 g/mol. The van der Waals surface area contributed by atoms with Crippen molar-refractivity contribution in [3.8, 4) is 0 Å². The maximum Gasteiger partial charge on any atom is 0.326 e. The molecule has 0 spiro atoms. The Morgan fingerprint density at radius 3 is 2.57 bits per heavy atom. The van der Waals surface area contributed by atoms with Crippen LogP contribution in [0.15, 0.2) is 24.3 Å². The van der Waals surface area contributed by atoms with Crippen LogP contribution in [0.25, 0.3) is 0 Å². The van der Waals surface area contributed by atoms with Crippen molar-refractivity contribution >= 4 is 27.6 Å². The fraction of sp³-hybridized carbons (Fsp3) is 0.500. The molecule has 2 amide bonds. The number of urea groups is 1. The molecule has 1 aromatic rings. The van der Waals surface area contributed by atoms with E-state index in [0.29, 0.717) is 37.7 Å². The van der Waals surface area contributed by atoms with Crippen LogP contribution in [0.4, 0.5) is 16.2 Å². The van der Waals surface area contributed by atoms with Crippen LogP contribution in [0, 0.1) is 0 Å². The van der Waals surface area contributed by atoms with E-state index in [2.05, 4.69) is 5.32 Å². The van der Waals surface area contributed by atoms with Crippen LogP contribution in [-0.2, 0) is 14.9 Å². The summed E-state index contributed by atoms with van der Waals surface area (Å²) in [7, 11) is -2.04. The minimum Gasteiger partial charge on any atom is -0.378 e. The lowest BCUT2D eigenvalue weighted by Crippen LogP contribution is -2.48. The number of para-hydroxylation sites is 2. The van der Waals surface area contributed by atoms with Gasteiger partial charge in [-0.3, -0.25) is 4.31 Å². The van der Waals surface area contributed by atoms with Crippen molar-refractivity contribution in [3.05, 3.63) is 24.3 Å². The van der Waals surface area contributed by atoms with E-state index in [1.165, 1.54) is 15.7 Å². The molecule has 0 unspecified atom stereocenters. The van der Waals surface area contributed by atoms with Crippen molar-refractivity contribution in [1.29, 1.82) is 0 Å². The Morgan fingerprint density at radius 1 is 1.22 bits per heavy atom. The molecule has 1 fully saturated rings. The third-order valence-corrected chi connectivity index (χ3v) is 5.83. The largest absolute Gasteiger partial charge is 0.378 e. The maximum absolute atomic E-state index is 12.4. The molecule has 2 aliphatic rings. The molecule has 0 radical (unpaired) electrons. The molecule has 1 saturated heterocycles. The van der Waals surface area contributed by atoms with Crippen molar-refractivity contribution in [1.82, 2.24) is 10.2 Å². The third-order valence-electron chi connectivity index (χ3n) is 4.00. The van der Waals surface area contributed by atoms with E-state index in [-0.39, 0.29) is 19.1 Å². The first kappa shape index (κ1) is 15.9. The first-order valence-electron chi connectivity index (χ1n) is 7.48. The number of nitrogens with zero attached hydrogens (tertiary/aromatic N) is 3. The quantitative estimate of drug-likeness (QED) is 0.854. The number of carbonyl (C=O) groups is 1. The highest BCUT2D eigenvalue weighted by Gasteiger charge is 2.37. The second-order valence-corrected chi connectivity index (χ2v) is 7.25. The SMILES string of the molecule is CN1c2ccccc2N(CCNC(=O)N2CCOCC2)S1(=O)=O. The number of amides is 2. The van der Waals surface area contributed by atoms with Crippen LogP contribution in [0.1, 0.15) is 0 Å². The third kappa shape index (κ3) is 2.93. The molecule has 23 heavy (non-hydrogen) atoms. The first-order chi connectivity index (χ1) is 11.0. The van der Waals surface area contributed by atoms with E-state index in [9.17, 15) is 13.2 Å². The summed E-state index contributed by atoms with van der Waals surface area (Å²) in [6.07, 6.45) is 0. The minimum atomic E-state index is -3.57. The molecule has 0 atom stereocenters. The predicted molar refractivity (Wildman–Crippen MR) is 86.9 cm³/mol. The van der Waals surface area contributed by atoms with Crippen molar-refractivity contribution in [2.24, 2.45) is 0 Å². The summed E-state index contributed by atoms with van der Waals surface area (Å²) >= 11 is 0. The molecular formula is C14H20N4O4S. The normalized spacial score (nSPS) is 19.6. The van der Waals surface area contributed by atoms with Gasteiger partial charge in [0.15, 0.2) is 0 Å².